The van der Waals surface area contributed by atoms with Crippen molar-refractivity contribution in [2.45, 2.75) is 20.8 Å². The highest BCUT2D eigenvalue weighted by Crippen LogP contribution is 2.28. The summed E-state index contributed by atoms with van der Waals surface area (Å²) in [6.45, 7) is 6.18. The normalized spacial score (nSPS) is 10.4. The number of hydrogen-bond donors (Lipinski definition) is 0. The van der Waals surface area contributed by atoms with Gasteiger partial charge >= 0.3 is 6.04 Å². The molecular weight excluding hydrogens is 227 g/mol. The van der Waals surface area contributed by atoms with E-state index in [0.717, 1.165) is 11.1 Å². The van der Waals surface area contributed by atoms with Crippen molar-refractivity contribution in [3.05, 3.63) is 58.7 Å². The van der Waals surface area contributed by atoms with Gasteiger partial charge in [0.05, 0.1) is 5.56 Å². The van der Waals surface area contributed by atoms with Crippen molar-refractivity contribution in [3.8, 4) is 11.1 Å². The van der Waals surface area contributed by atoms with E-state index in [1.54, 1.807) is 12.1 Å². The van der Waals surface area contributed by atoms with E-state index in [-0.39, 0.29) is 5.56 Å². The molecule has 1 nitrogen and oxygen atoms in total. The highest BCUT2D eigenvalue weighted by Gasteiger charge is 2.08. The molecule has 0 saturated carbocycles. The Labute approximate surface area is 106 Å². The number of aryl methyl sites for hydroxylation is 3. The van der Waals surface area contributed by atoms with E-state index in [9.17, 15) is 9.18 Å². The van der Waals surface area contributed by atoms with Gasteiger partial charge in [0.25, 0.3) is 0 Å². The van der Waals surface area contributed by atoms with Gasteiger partial charge in [0, 0.05) is 0 Å². The summed E-state index contributed by atoms with van der Waals surface area (Å²) < 4.78 is 12.5. The van der Waals surface area contributed by atoms with Crippen molar-refractivity contribution in [1.82, 2.24) is 0 Å². The quantitative estimate of drug-likeness (QED) is 0.714. The predicted molar refractivity (Wildman–Crippen MR) is 71.5 cm³/mol. The fourth-order valence-electron chi connectivity index (χ4n) is 2.40. The number of carbonyl (C=O) groups is 1. The molecule has 0 bridgehead atoms. The second-order valence-corrected chi connectivity index (χ2v) is 4.62. The van der Waals surface area contributed by atoms with Gasteiger partial charge in [-0.2, -0.15) is 4.39 Å². The SMILES string of the molecule is Cc1cc(C)c(-c2ccc(C(=O)F)cc2)c(C)c1. The maximum Gasteiger partial charge on any atom is 0.332 e. The van der Waals surface area contributed by atoms with Gasteiger partial charge in [-0.05, 0) is 55.2 Å². The standard InChI is InChI=1S/C16H15FO/c1-10-8-11(2)15(12(3)9-10)13-4-6-14(7-5-13)16(17)18/h4-9H,1-3H3. The van der Waals surface area contributed by atoms with Crippen LogP contribution in [0.4, 0.5) is 4.39 Å². The van der Waals surface area contributed by atoms with E-state index >= 15 is 0 Å². The van der Waals surface area contributed by atoms with Crippen LogP contribution in [0.5, 0.6) is 0 Å². The summed E-state index contributed by atoms with van der Waals surface area (Å²) in [5, 5.41) is 0. The van der Waals surface area contributed by atoms with Crippen LogP contribution in [-0.2, 0) is 0 Å². The Hall–Kier alpha value is -1.96. The van der Waals surface area contributed by atoms with E-state index in [2.05, 4.69) is 32.9 Å². The summed E-state index contributed by atoms with van der Waals surface area (Å²) in [5.74, 6) is 0. The van der Waals surface area contributed by atoms with E-state index in [0.29, 0.717) is 0 Å². The number of halogens is 1. The Morgan fingerprint density at radius 3 is 1.89 bits per heavy atom. The summed E-state index contributed by atoms with van der Waals surface area (Å²) in [6.07, 6.45) is 0. The van der Waals surface area contributed by atoms with Crippen LogP contribution < -0.4 is 0 Å². The summed E-state index contributed by atoms with van der Waals surface area (Å²) in [6, 6.07) is 9.48. The number of benzene rings is 2. The maximum absolute atomic E-state index is 12.5. The molecule has 18 heavy (non-hydrogen) atoms. The first-order valence-corrected chi connectivity index (χ1v) is 5.87. The third kappa shape index (κ3) is 2.33. The lowest BCUT2D eigenvalue weighted by molar-refractivity contribution is 0.0836. The van der Waals surface area contributed by atoms with Gasteiger partial charge in [-0.3, -0.25) is 4.79 Å². The van der Waals surface area contributed by atoms with Gasteiger partial charge in [0.1, 0.15) is 0 Å². The first-order valence-electron chi connectivity index (χ1n) is 5.87. The van der Waals surface area contributed by atoms with Gasteiger partial charge < -0.3 is 0 Å². The van der Waals surface area contributed by atoms with E-state index < -0.39 is 6.04 Å². The molecule has 0 atom stereocenters. The van der Waals surface area contributed by atoms with Gasteiger partial charge in [0.2, 0.25) is 0 Å². The Morgan fingerprint density at radius 1 is 0.944 bits per heavy atom. The fraction of sp³-hybridized carbons (Fsp3) is 0.188. The molecule has 0 spiro atoms. The van der Waals surface area contributed by atoms with Crippen molar-refractivity contribution in [1.29, 1.82) is 0 Å². The van der Waals surface area contributed by atoms with Crippen molar-refractivity contribution in [2.75, 3.05) is 0 Å². The van der Waals surface area contributed by atoms with Crippen molar-refractivity contribution >= 4 is 6.04 Å². The molecule has 0 aliphatic rings. The smallest absolute Gasteiger partial charge is 0.255 e. The Kier molecular flexibility index (Phi) is 3.28. The highest BCUT2D eigenvalue weighted by atomic mass is 19.1. The minimum Gasteiger partial charge on any atom is -0.255 e. The summed E-state index contributed by atoms with van der Waals surface area (Å²) in [5.41, 5.74) is 5.86. The zero-order valence-electron chi connectivity index (χ0n) is 10.8. The fourth-order valence-corrected chi connectivity index (χ4v) is 2.40. The molecule has 0 saturated heterocycles. The van der Waals surface area contributed by atoms with Crippen molar-refractivity contribution in [3.63, 3.8) is 0 Å². The Bertz CT molecular complexity index is 574. The molecule has 2 aromatic carbocycles. The van der Waals surface area contributed by atoms with Crippen LogP contribution in [0, 0.1) is 20.8 Å². The Morgan fingerprint density at radius 2 is 1.44 bits per heavy atom. The second kappa shape index (κ2) is 4.73. The largest absolute Gasteiger partial charge is 0.332 e. The molecule has 0 aromatic heterocycles. The number of hydrogen-bond acceptors (Lipinski definition) is 1. The van der Waals surface area contributed by atoms with E-state index in [1.807, 2.05) is 0 Å². The van der Waals surface area contributed by atoms with Crippen molar-refractivity contribution < 1.29 is 9.18 Å². The predicted octanol–water partition coefficient (Wildman–Crippen LogP) is 4.39. The number of carbonyl (C=O) groups excluding carboxylic acids is 1. The maximum atomic E-state index is 12.5. The molecule has 2 heteroatoms. The van der Waals surface area contributed by atoms with Crippen LogP contribution in [0.1, 0.15) is 27.0 Å². The average Bonchev–Trinajstić information content (AvgIpc) is 2.28. The summed E-state index contributed by atoms with van der Waals surface area (Å²) in [4.78, 5) is 10.6. The lowest BCUT2D eigenvalue weighted by Gasteiger charge is -2.11. The molecule has 0 N–H and O–H groups in total. The molecule has 92 valence electrons. The van der Waals surface area contributed by atoms with Gasteiger partial charge in [-0.1, -0.05) is 29.8 Å². The highest BCUT2D eigenvalue weighted by molar-refractivity contribution is 5.89. The molecule has 2 aromatic rings. The zero-order chi connectivity index (χ0) is 13.3. The molecule has 0 aliphatic carbocycles. The molecule has 0 radical (unpaired) electrons. The van der Waals surface area contributed by atoms with Crippen LogP contribution in [0.3, 0.4) is 0 Å². The van der Waals surface area contributed by atoms with Crippen LogP contribution in [0.25, 0.3) is 11.1 Å². The van der Waals surface area contributed by atoms with Gasteiger partial charge in [-0.25, -0.2) is 0 Å². The van der Waals surface area contributed by atoms with Crippen LogP contribution in [-0.4, -0.2) is 6.04 Å². The Balaban J connectivity index is 2.52. The monoisotopic (exact) mass is 242 g/mol. The van der Waals surface area contributed by atoms with Crippen LogP contribution >= 0.6 is 0 Å². The first-order chi connectivity index (χ1) is 8.49. The lowest BCUT2D eigenvalue weighted by Crippen LogP contribution is -1.92. The lowest BCUT2D eigenvalue weighted by atomic mass is 9.93. The number of rotatable bonds is 2. The summed E-state index contributed by atoms with van der Waals surface area (Å²) >= 11 is 0. The van der Waals surface area contributed by atoms with E-state index in [1.165, 1.54) is 28.8 Å². The first kappa shape index (κ1) is 12.5. The summed E-state index contributed by atoms with van der Waals surface area (Å²) in [7, 11) is 0. The van der Waals surface area contributed by atoms with Crippen molar-refractivity contribution in [2.24, 2.45) is 0 Å². The molecule has 2 rings (SSSR count). The molecule has 0 amide bonds. The second-order valence-electron chi connectivity index (χ2n) is 4.62. The molecular formula is C16H15FO. The third-order valence-electron chi connectivity index (χ3n) is 3.08. The van der Waals surface area contributed by atoms with E-state index in [4.69, 9.17) is 0 Å². The van der Waals surface area contributed by atoms with Crippen LogP contribution in [0.2, 0.25) is 0 Å². The minimum absolute atomic E-state index is 0.0983. The third-order valence-corrected chi connectivity index (χ3v) is 3.08. The van der Waals surface area contributed by atoms with Gasteiger partial charge in [-0.15, -0.1) is 0 Å². The molecule has 0 unspecified atom stereocenters. The topological polar surface area (TPSA) is 17.1 Å². The molecule has 0 aliphatic heterocycles. The molecule has 0 fully saturated rings. The average molecular weight is 242 g/mol. The van der Waals surface area contributed by atoms with Gasteiger partial charge in [0.15, 0.2) is 0 Å². The molecule has 0 heterocycles. The van der Waals surface area contributed by atoms with Crippen LogP contribution in [0.15, 0.2) is 36.4 Å². The zero-order valence-corrected chi connectivity index (χ0v) is 10.8. The minimum atomic E-state index is -1.39.